The summed E-state index contributed by atoms with van der Waals surface area (Å²) in [5.41, 5.74) is 6.40. The van der Waals surface area contributed by atoms with Crippen molar-refractivity contribution in [2.24, 2.45) is 7.05 Å². The van der Waals surface area contributed by atoms with Crippen LogP contribution in [0.25, 0.3) is 22.8 Å². The van der Waals surface area contributed by atoms with Crippen molar-refractivity contribution in [2.75, 3.05) is 5.73 Å². The Balaban J connectivity index is 1.69. The molecule has 0 bridgehead atoms. The average Bonchev–Trinajstić information content (AvgIpc) is 3.34. The normalized spacial score (nSPS) is 10.9. The maximum atomic E-state index is 12.9. The third kappa shape index (κ3) is 4.72. The van der Waals surface area contributed by atoms with Gasteiger partial charge in [-0.2, -0.15) is 8.78 Å². The minimum atomic E-state index is -3.05. The number of amides is 1. The number of aromatic nitrogens is 5. The van der Waals surface area contributed by atoms with Crippen molar-refractivity contribution in [1.29, 1.82) is 0 Å². The Hall–Kier alpha value is -4.68. The molecule has 3 N–H and O–H groups in total. The zero-order valence-electron chi connectivity index (χ0n) is 17.6. The van der Waals surface area contributed by atoms with Crippen LogP contribution in [-0.4, -0.2) is 37.0 Å². The van der Waals surface area contributed by atoms with Crippen LogP contribution in [-0.2, 0) is 13.6 Å². The Morgan fingerprint density at radius 1 is 1.21 bits per heavy atom. The summed E-state index contributed by atoms with van der Waals surface area (Å²) in [6.45, 7) is -3.29. The van der Waals surface area contributed by atoms with Crippen LogP contribution in [0.5, 0.6) is 5.75 Å². The van der Waals surface area contributed by atoms with E-state index in [1.165, 1.54) is 53.7 Å². The van der Waals surface area contributed by atoms with E-state index >= 15 is 0 Å². The van der Waals surface area contributed by atoms with Crippen molar-refractivity contribution in [3.05, 3.63) is 70.9 Å². The van der Waals surface area contributed by atoms with E-state index in [9.17, 15) is 18.4 Å². The third-order valence-corrected chi connectivity index (χ3v) is 4.61. The molecule has 0 unspecified atom stereocenters. The van der Waals surface area contributed by atoms with Crippen LogP contribution in [0.1, 0.15) is 16.2 Å². The number of oxazole rings is 1. The summed E-state index contributed by atoms with van der Waals surface area (Å²) in [6.07, 6.45) is 5.63. The molecule has 0 radical (unpaired) electrons. The summed E-state index contributed by atoms with van der Waals surface area (Å²) in [7, 11) is 1.56. The van der Waals surface area contributed by atoms with Crippen molar-refractivity contribution in [3.63, 3.8) is 0 Å². The summed E-state index contributed by atoms with van der Waals surface area (Å²) in [4.78, 5) is 41.3. The third-order valence-electron chi connectivity index (χ3n) is 4.61. The highest BCUT2D eigenvalue weighted by Crippen LogP contribution is 2.29. The largest absolute Gasteiger partial charge is 0.443 e. The van der Waals surface area contributed by atoms with Gasteiger partial charge >= 0.3 is 6.61 Å². The van der Waals surface area contributed by atoms with Crippen LogP contribution in [0, 0.1) is 0 Å². The molecule has 1 amide bonds. The first-order valence-electron chi connectivity index (χ1n) is 9.75. The zero-order valence-corrected chi connectivity index (χ0v) is 17.6. The van der Waals surface area contributed by atoms with Gasteiger partial charge in [-0.05, 0) is 18.2 Å². The molecule has 0 aliphatic carbocycles. The molecule has 4 heterocycles. The molecule has 0 spiro atoms. The first-order chi connectivity index (χ1) is 16.3. The molecule has 0 fully saturated rings. The van der Waals surface area contributed by atoms with E-state index in [4.69, 9.17) is 10.2 Å². The van der Waals surface area contributed by atoms with Crippen LogP contribution in [0.15, 0.2) is 58.3 Å². The highest BCUT2D eigenvalue weighted by Gasteiger charge is 2.22. The maximum absolute atomic E-state index is 12.9. The Labute approximate surface area is 190 Å². The molecule has 34 heavy (non-hydrogen) atoms. The highest BCUT2D eigenvalue weighted by atomic mass is 19.3. The molecule has 0 aliphatic heterocycles. The number of anilines is 1. The lowest BCUT2D eigenvalue weighted by Crippen LogP contribution is -2.26. The number of rotatable bonds is 7. The quantitative estimate of drug-likeness (QED) is 0.414. The van der Waals surface area contributed by atoms with E-state index in [0.29, 0.717) is 5.56 Å². The molecule has 0 saturated carbocycles. The van der Waals surface area contributed by atoms with Crippen molar-refractivity contribution in [1.82, 2.24) is 29.8 Å². The topological polar surface area (TPSA) is 151 Å². The molecule has 0 aliphatic rings. The molecule has 0 saturated heterocycles. The van der Waals surface area contributed by atoms with Gasteiger partial charge in [0.2, 0.25) is 11.4 Å². The van der Waals surface area contributed by atoms with Crippen LogP contribution in [0.4, 0.5) is 14.6 Å². The van der Waals surface area contributed by atoms with E-state index in [1.54, 1.807) is 7.05 Å². The molecule has 0 aromatic carbocycles. The number of ether oxygens (including phenoxy) is 1. The molecule has 4 aromatic rings. The maximum Gasteiger partial charge on any atom is 0.387 e. The molecule has 11 nitrogen and oxygen atoms in total. The second-order valence-corrected chi connectivity index (χ2v) is 6.87. The Kier molecular flexibility index (Phi) is 6.25. The van der Waals surface area contributed by atoms with Gasteiger partial charge in [0.05, 0.1) is 12.7 Å². The van der Waals surface area contributed by atoms with E-state index in [1.807, 2.05) is 0 Å². The van der Waals surface area contributed by atoms with Crippen LogP contribution < -0.4 is 21.3 Å². The second-order valence-electron chi connectivity index (χ2n) is 6.87. The standard InChI is InChI=1S/C21H17F2N7O4/c1-30-10-11(4-5-14(30)31)15-16(20-26-7-8-33-20)29-18(24)17(28-15)19(32)27-9-12-13(34-21(22)23)3-2-6-25-12/h2-8,10,21H,9H2,1H3,(H2,24,29)(H,27,32). The molecule has 0 atom stereocenters. The lowest BCUT2D eigenvalue weighted by atomic mass is 10.1. The van der Waals surface area contributed by atoms with Gasteiger partial charge in [-0.1, -0.05) is 0 Å². The predicted molar refractivity (Wildman–Crippen MR) is 115 cm³/mol. The number of hydrogen-bond acceptors (Lipinski definition) is 9. The van der Waals surface area contributed by atoms with Crippen molar-refractivity contribution < 1.29 is 22.7 Å². The van der Waals surface area contributed by atoms with Crippen molar-refractivity contribution in [3.8, 4) is 28.6 Å². The van der Waals surface area contributed by atoms with Gasteiger partial charge in [0.15, 0.2) is 17.2 Å². The molecule has 4 rings (SSSR count). The first-order valence-corrected chi connectivity index (χ1v) is 9.75. The molecule has 13 heteroatoms. The van der Waals surface area contributed by atoms with Gasteiger partial charge in [-0.25, -0.2) is 15.0 Å². The minimum Gasteiger partial charge on any atom is -0.443 e. The monoisotopic (exact) mass is 469 g/mol. The fourth-order valence-corrected chi connectivity index (χ4v) is 3.05. The van der Waals surface area contributed by atoms with E-state index in [2.05, 4.69) is 30.0 Å². The summed E-state index contributed by atoms with van der Waals surface area (Å²) in [5.74, 6) is -1.02. The Morgan fingerprint density at radius 2 is 2.03 bits per heavy atom. The highest BCUT2D eigenvalue weighted by molar-refractivity contribution is 5.97. The first kappa shape index (κ1) is 22.5. The molecular weight excluding hydrogens is 452 g/mol. The number of nitrogens with one attached hydrogen (secondary N) is 1. The second kappa shape index (κ2) is 9.44. The van der Waals surface area contributed by atoms with E-state index in [-0.39, 0.29) is 52.3 Å². The Morgan fingerprint density at radius 3 is 2.74 bits per heavy atom. The average molecular weight is 469 g/mol. The number of aryl methyl sites for hydroxylation is 1. The Bertz CT molecular complexity index is 1390. The number of carbonyl (C=O) groups excluding carboxylic acids is 1. The minimum absolute atomic E-state index is 0.0809. The van der Waals surface area contributed by atoms with Gasteiger partial charge in [0.25, 0.3) is 5.91 Å². The van der Waals surface area contributed by atoms with Gasteiger partial charge in [-0.3, -0.25) is 14.6 Å². The summed E-state index contributed by atoms with van der Waals surface area (Å²) < 4.78 is 36.3. The summed E-state index contributed by atoms with van der Waals surface area (Å²) in [5, 5.41) is 2.52. The number of nitrogen functional groups attached to an aromatic ring is 1. The van der Waals surface area contributed by atoms with Crippen LogP contribution in [0.3, 0.4) is 0 Å². The number of pyridine rings is 2. The lowest BCUT2D eigenvalue weighted by molar-refractivity contribution is -0.0507. The van der Waals surface area contributed by atoms with Gasteiger partial charge in [0, 0.05) is 31.1 Å². The summed E-state index contributed by atoms with van der Waals surface area (Å²) in [6, 6.07) is 5.57. The summed E-state index contributed by atoms with van der Waals surface area (Å²) >= 11 is 0. The number of hydrogen-bond donors (Lipinski definition) is 2. The van der Waals surface area contributed by atoms with Crippen LogP contribution >= 0.6 is 0 Å². The fourth-order valence-electron chi connectivity index (χ4n) is 3.05. The number of nitrogens with two attached hydrogens (primary N) is 1. The number of halogens is 2. The molecule has 4 aromatic heterocycles. The van der Waals surface area contributed by atoms with Crippen molar-refractivity contribution >= 4 is 11.7 Å². The number of carbonyl (C=O) groups is 1. The van der Waals surface area contributed by atoms with Crippen LogP contribution in [0.2, 0.25) is 0 Å². The van der Waals surface area contributed by atoms with Gasteiger partial charge in [0.1, 0.15) is 23.4 Å². The van der Waals surface area contributed by atoms with E-state index in [0.717, 1.165) is 0 Å². The number of nitrogens with zero attached hydrogens (tertiary/aromatic N) is 5. The SMILES string of the molecule is Cn1cc(-c2nc(C(=O)NCc3ncccc3OC(F)F)c(N)nc2-c2ncco2)ccc1=O. The smallest absolute Gasteiger partial charge is 0.387 e. The van der Waals surface area contributed by atoms with Crippen molar-refractivity contribution in [2.45, 2.75) is 13.2 Å². The van der Waals surface area contributed by atoms with E-state index < -0.39 is 12.5 Å². The van der Waals surface area contributed by atoms with Gasteiger partial charge in [-0.15, -0.1) is 0 Å². The molecular formula is C21H17F2N7O4. The van der Waals surface area contributed by atoms with Gasteiger partial charge < -0.3 is 24.8 Å². The predicted octanol–water partition coefficient (Wildman–Crippen LogP) is 2.01. The fraction of sp³-hybridized carbons (Fsp3) is 0.143. The number of alkyl halides is 2. The lowest BCUT2D eigenvalue weighted by Gasteiger charge is -2.13. The zero-order chi connectivity index (χ0) is 24.2. The molecule has 174 valence electrons.